The van der Waals surface area contributed by atoms with Crippen molar-refractivity contribution < 1.29 is 19.1 Å². The zero-order valence-electron chi connectivity index (χ0n) is 18.7. The summed E-state index contributed by atoms with van der Waals surface area (Å²) in [5.74, 6) is 2.04. The summed E-state index contributed by atoms with van der Waals surface area (Å²) in [5, 5.41) is 0. The molecule has 0 radical (unpaired) electrons. The Morgan fingerprint density at radius 1 is 1.09 bits per heavy atom. The van der Waals surface area contributed by atoms with E-state index in [9.17, 15) is 9.59 Å². The SMILES string of the molecule is CCOc1cccc(OCC(=O)N2CCC(c3ncc(C(=O)N4CCCC4)c(C)n3)C2)c1. The lowest BCUT2D eigenvalue weighted by atomic mass is 10.1. The summed E-state index contributed by atoms with van der Waals surface area (Å²) in [4.78, 5) is 38.1. The number of likely N-dealkylation sites (tertiary alicyclic amines) is 2. The fraction of sp³-hybridized carbons (Fsp3) is 0.500. The predicted molar refractivity (Wildman–Crippen MR) is 119 cm³/mol. The van der Waals surface area contributed by atoms with Crippen molar-refractivity contribution in [1.29, 1.82) is 0 Å². The van der Waals surface area contributed by atoms with Gasteiger partial charge in [0, 0.05) is 44.4 Å². The second kappa shape index (κ2) is 9.97. The van der Waals surface area contributed by atoms with Gasteiger partial charge in [-0.3, -0.25) is 9.59 Å². The number of amides is 2. The van der Waals surface area contributed by atoms with Gasteiger partial charge in [0.05, 0.1) is 17.9 Å². The minimum atomic E-state index is -0.0631. The third-order valence-corrected chi connectivity index (χ3v) is 6.01. The molecule has 1 unspecified atom stereocenters. The molecule has 3 heterocycles. The molecule has 0 saturated carbocycles. The first kappa shape index (κ1) is 22.0. The van der Waals surface area contributed by atoms with Gasteiger partial charge in [-0.05, 0) is 45.2 Å². The van der Waals surface area contributed by atoms with Gasteiger partial charge >= 0.3 is 0 Å². The van der Waals surface area contributed by atoms with Gasteiger partial charge in [-0.25, -0.2) is 9.97 Å². The highest BCUT2D eigenvalue weighted by atomic mass is 16.5. The Kier molecular flexibility index (Phi) is 6.87. The normalized spacial score (nSPS) is 18.1. The summed E-state index contributed by atoms with van der Waals surface area (Å²) in [6, 6.07) is 7.29. The second-order valence-corrected chi connectivity index (χ2v) is 8.25. The average Bonchev–Trinajstić information content (AvgIpc) is 3.50. The van der Waals surface area contributed by atoms with Crippen LogP contribution in [0, 0.1) is 6.92 Å². The van der Waals surface area contributed by atoms with Gasteiger partial charge in [-0.2, -0.15) is 0 Å². The van der Waals surface area contributed by atoms with Gasteiger partial charge in [-0.1, -0.05) is 6.07 Å². The summed E-state index contributed by atoms with van der Waals surface area (Å²) in [6.07, 6.45) is 4.55. The zero-order chi connectivity index (χ0) is 22.5. The number of hydrogen-bond acceptors (Lipinski definition) is 6. The molecule has 2 aromatic rings. The third-order valence-electron chi connectivity index (χ3n) is 6.01. The highest BCUT2D eigenvalue weighted by Gasteiger charge is 2.30. The molecule has 32 heavy (non-hydrogen) atoms. The van der Waals surface area contributed by atoms with E-state index >= 15 is 0 Å². The average molecular weight is 439 g/mol. The Balaban J connectivity index is 1.32. The molecule has 0 spiro atoms. The minimum Gasteiger partial charge on any atom is -0.494 e. The molecule has 4 rings (SSSR count). The summed E-state index contributed by atoms with van der Waals surface area (Å²) in [5.41, 5.74) is 1.28. The van der Waals surface area contributed by atoms with Gasteiger partial charge in [0.25, 0.3) is 11.8 Å². The van der Waals surface area contributed by atoms with Crippen LogP contribution in [0.2, 0.25) is 0 Å². The lowest BCUT2D eigenvalue weighted by Gasteiger charge is -2.18. The summed E-state index contributed by atoms with van der Waals surface area (Å²) >= 11 is 0. The number of rotatable bonds is 7. The summed E-state index contributed by atoms with van der Waals surface area (Å²) in [6.45, 7) is 7.14. The molecule has 2 saturated heterocycles. The van der Waals surface area contributed by atoms with E-state index in [1.54, 1.807) is 17.2 Å². The first-order valence-corrected chi connectivity index (χ1v) is 11.3. The Labute approximate surface area is 188 Å². The monoisotopic (exact) mass is 438 g/mol. The number of hydrogen-bond donors (Lipinski definition) is 0. The molecule has 2 aliphatic heterocycles. The molecule has 0 N–H and O–H groups in total. The molecule has 1 aromatic carbocycles. The van der Waals surface area contributed by atoms with Crippen LogP contribution in [0.25, 0.3) is 0 Å². The van der Waals surface area contributed by atoms with Crippen molar-refractivity contribution in [3.63, 3.8) is 0 Å². The fourth-order valence-electron chi connectivity index (χ4n) is 4.24. The molecule has 1 aromatic heterocycles. The summed E-state index contributed by atoms with van der Waals surface area (Å²) in [7, 11) is 0. The fourth-order valence-corrected chi connectivity index (χ4v) is 4.24. The first-order chi connectivity index (χ1) is 15.5. The van der Waals surface area contributed by atoms with Crippen molar-refractivity contribution in [2.24, 2.45) is 0 Å². The van der Waals surface area contributed by atoms with Crippen molar-refractivity contribution in [3.05, 3.63) is 47.5 Å². The quantitative estimate of drug-likeness (QED) is 0.661. The molecule has 2 amide bonds. The molecule has 0 bridgehead atoms. The maximum atomic E-state index is 12.7. The Bertz CT molecular complexity index is 974. The highest BCUT2D eigenvalue weighted by molar-refractivity contribution is 5.95. The molecule has 170 valence electrons. The van der Waals surface area contributed by atoms with Crippen LogP contribution in [-0.4, -0.2) is 71.0 Å². The highest BCUT2D eigenvalue weighted by Crippen LogP contribution is 2.26. The van der Waals surface area contributed by atoms with Crippen molar-refractivity contribution in [1.82, 2.24) is 19.8 Å². The van der Waals surface area contributed by atoms with E-state index in [-0.39, 0.29) is 24.3 Å². The van der Waals surface area contributed by atoms with Crippen molar-refractivity contribution in [2.75, 3.05) is 39.4 Å². The number of aryl methyl sites for hydroxylation is 1. The van der Waals surface area contributed by atoms with Gasteiger partial charge < -0.3 is 19.3 Å². The molecule has 0 aliphatic carbocycles. The Morgan fingerprint density at radius 2 is 1.84 bits per heavy atom. The standard InChI is InChI=1S/C24H30N4O4/c1-3-31-19-7-6-8-20(13-19)32-16-22(29)28-12-9-18(15-28)23-25-14-21(17(2)26-23)24(30)27-10-4-5-11-27/h6-8,13-14,18H,3-5,9-12,15-16H2,1-2H3. The van der Waals surface area contributed by atoms with E-state index in [1.165, 1.54) is 0 Å². The predicted octanol–water partition coefficient (Wildman–Crippen LogP) is 2.81. The Morgan fingerprint density at radius 3 is 2.56 bits per heavy atom. The molecule has 2 fully saturated rings. The number of benzene rings is 1. The minimum absolute atomic E-state index is 0.0142. The largest absolute Gasteiger partial charge is 0.494 e. The first-order valence-electron chi connectivity index (χ1n) is 11.3. The molecule has 1 atom stereocenters. The Hall–Kier alpha value is -3.16. The van der Waals surface area contributed by atoms with Gasteiger partial charge in [-0.15, -0.1) is 0 Å². The van der Waals surface area contributed by atoms with E-state index < -0.39 is 0 Å². The molecular formula is C24H30N4O4. The number of nitrogens with zero attached hydrogens (tertiary/aromatic N) is 4. The summed E-state index contributed by atoms with van der Waals surface area (Å²) < 4.78 is 11.1. The number of ether oxygens (including phenoxy) is 2. The zero-order valence-corrected chi connectivity index (χ0v) is 18.7. The van der Waals surface area contributed by atoms with Crippen LogP contribution in [0.1, 0.15) is 54.0 Å². The van der Waals surface area contributed by atoms with E-state index in [2.05, 4.69) is 9.97 Å². The van der Waals surface area contributed by atoms with Crippen LogP contribution in [0.4, 0.5) is 0 Å². The molecule has 8 heteroatoms. The van der Waals surface area contributed by atoms with E-state index in [4.69, 9.17) is 9.47 Å². The van der Waals surface area contributed by atoms with Gasteiger partial charge in [0.1, 0.15) is 17.3 Å². The van der Waals surface area contributed by atoms with Crippen molar-refractivity contribution in [3.8, 4) is 11.5 Å². The van der Waals surface area contributed by atoms with E-state index in [0.29, 0.717) is 42.5 Å². The van der Waals surface area contributed by atoms with Crippen molar-refractivity contribution in [2.45, 2.75) is 39.0 Å². The maximum absolute atomic E-state index is 12.7. The van der Waals surface area contributed by atoms with Gasteiger partial charge in [0.2, 0.25) is 0 Å². The van der Waals surface area contributed by atoms with Crippen LogP contribution in [0.3, 0.4) is 0 Å². The van der Waals surface area contributed by atoms with Crippen LogP contribution in [0.15, 0.2) is 30.5 Å². The van der Waals surface area contributed by atoms with Crippen LogP contribution in [0.5, 0.6) is 11.5 Å². The smallest absolute Gasteiger partial charge is 0.260 e. The van der Waals surface area contributed by atoms with Crippen LogP contribution in [-0.2, 0) is 4.79 Å². The second-order valence-electron chi connectivity index (χ2n) is 8.25. The molecule has 8 nitrogen and oxygen atoms in total. The molecule has 2 aliphatic rings. The number of carbonyl (C=O) groups excluding carboxylic acids is 2. The lowest BCUT2D eigenvalue weighted by molar-refractivity contribution is -0.132. The van der Waals surface area contributed by atoms with Crippen LogP contribution < -0.4 is 9.47 Å². The van der Waals surface area contributed by atoms with Crippen molar-refractivity contribution >= 4 is 11.8 Å². The maximum Gasteiger partial charge on any atom is 0.260 e. The number of aromatic nitrogens is 2. The van der Waals surface area contributed by atoms with Gasteiger partial charge in [0.15, 0.2) is 6.61 Å². The molecular weight excluding hydrogens is 408 g/mol. The number of carbonyl (C=O) groups is 2. The third kappa shape index (κ3) is 5.00. The van der Waals surface area contributed by atoms with Crippen LogP contribution >= 0.6 is 0 Å². The van der Waals surface area contributed by atoms with E-state index in [0.717, 1.165) is 38.1 Å². The lowest BCUT2D eigenvalue weighted by Crippen LogP contribution is -2.33. The van der Waals surface area contributed by atoms with E-state index in [1.807, 2.05) is 36.9 Å². The topological polar surface area (TPSA) is 84.9 Å².